The molecule has 2 rings (SSSR count). The van der Waals surface area contributed by atoms with E-state index >= 15 is 0 Å². The molecule has 24 heavy (non-hydrogen) atoms. The summed E-state index contributed by atoms with van der Waals surface area (Å²) in [5.74, 6) is 0.629. The van der Waals surface area contributed by atoms with E-state index < -0.39 is 5.76 Å². The van der Waals surface area contributed by atoms with E-state index in [4.69, 9.17) is 14.0 Å². The van der Waals surface area contributed by atoms with Crippen molar-refractivity contribution < 1.29 is 18.8 Å². The van der Waals surface area contributed by atoms with E-state index in [1.54, 1.807) is 18.2 Å². The van der Waals surface area contributed by atoms with Crippen molar-refractivity contribution in [3.05, 3.63) is 28.7 Å². The zero-order chi connectivity index (χ0) is 17.7. The highest BCUT2D eigenvalue weighted by molar-refractivity contribution is 5.76. The van der Waals surface area contributed by atoms with Crippen LogP contribution in [0.2, 0.25) is 0 Å². The predicted molar refractivity (Wildman–Crippen MR) is 87.2 cm³/mol. The van der Waals surface area contributed by atoms with Gasteiger partial charge in [0.15, 0.2) is 17.3 Å². The highest BCUT2D eigenvalue weighted by Gasteiger charge is 2.17. The summed E-state index contributed by atoms with van der Waals surface area (Å²) in [6.07, 6.45) is 0. The van der Waals surface area contributed by atoms with Crippen LogP contribution in [0.5, 0.6) is 11.5 Å². The van der Waals surface area contributed by atoms with Gasteiger partial charge in [0.05, 0.1) is 14.2 Å². The molecule has 1 amide bonds. The second-order valence-electron chi connectivity index (χ2n) is 5.63. The number of aromatic nitrogens is 2. The summed E-state index contributed by atoms with van der Waals surface area (Å²) in [5.41, 5.74) is 0.579. The van der Waals surface area contributed by atoms with E-state index in [1.807, 2.05) is 13.8 Å². The van der Waals surface area contributed by atoms with Gasteiger partial charge >= 0.3 is 5.76 Å². The Bertz CT molecular complexity index is 763. The molecule has 0 spiro atoms. The van der Waals surface area contributed by atoms with Crippen molar-refractivity contribution in [3.8, 4) is 22.9 Å². The lowest BCUT2D eigenvalue weighted by Gasteiger charge is -2.10. The zero-order valence-corrected chi connectivity index (χ0v) is 14.2. The molecule has 0 saturated heterocycles. The van der Waals surface area contributed by atoms with Crippen LogP contribution in [0.25, 0.3) is 11.4 Å². The van der Waals surface area contributed by atoms with Gasteiger partial charge in [0, 0.05) is 12.1 Å². The van der Waals surface area contributed by atoms with Crippen molar-refractivity contribution in [2.45, 2.75) is 20.4 Å². The minimum absolute atomic E-state index is 0.168. The summed E-state index contributed by atoms with van der Waals surface area (Å²) in [4.78, 5) is 23.9. The average molecular weight is 335 g/mol. The fraction of sp³-hybridized carbons (Fsp3) is 0.438. The SMILES string of the molecule is COc1ccc(-c2noc(=O)n2CC(=O)NCC(C)C)cc1OC. The van der Waals surface area contributed by atoms with Crippen LogP contribution in [0.4, 0.5) is 0 Å². The smallest absolute Gasteiger partial charge is 0.442 e. The molecule has 0 saturated carbocycles. The molecule has 0 bridgehead atoms. The fourth-order valence-corrected chi connectivity index (χ4v) is 2.11. The molecule has 0 aliphatic rings. The Morgan fingerprint density at radius 1 is 1.29 bits per heavy atom. The van der Waals surface area contributed by atoms with Crippen LogP contribution in [0.1, 0.15) is 13.8 Å². The molecule has 0 fully saturated rings. The maximum atomic E-state index is 12.0. The van der Waals surface area contributed by atoms with Crippen LogP contribution >= 0.6 is 0 Å². The number of carbonyl (C=O) groups excluding carboxylic acids is 1. The summed E-state index contributed by atoms with van der Waals surface area (Å²) >= 11 is 0. The second-order valence-corrected chi connectivity index (χ2v) is 5.63. The van der Waals surface area contributed by atoms with Gasteiger partial charge in [-0.1, -0.05) is 19.0 Å². The zero-order valence-electron chi connectivity index (χ0n) is 14.2. The molecule has 1 aromatic carbocycles. The van der Waals surface area contributed by atoms with Crippen molar-refractivity contribution in [1.29, 1.82) is 0 Å². The number of nitrogens with one attached hydrogen (secondary N) is 1. The summed E-state index contributed by atoms with van der Waals surface area (Å²) in [5, 5.41) is 6.52. The number of methoxy groups -OCH3 is 2. The topological polar surface area (TPSA) is 95.6 Å². The Balaban J connectivity index is 2.29. The van der Waals surface area contributed by atoms with Crippen LogP contribution in [0, 0.1) is 5.92 Å². The van der Waals surface area contributed by atoms with Gasteiger partial charge < -0.3 is 14.8 Å². The summed E-state index contributed by atoms with van der Waals surface area (Å²) in [6, 6.07) is 5.07. The van der Waals surface area contributed by atoms with Crippen LogP contribution in [-0.2, 0) is 11.3 Å². The Morgan fingerprint density at radius 3 is 2.62 bits per heavy atom. The summed E-state index contributed by atoms with van der Waals surface area (Å²) < 4.78 is 16.3. The third-order valence-corrected chi connectivity index (χ3v) is 3.34. The number of carbonyl (C=O) groups is 1. The van der Waals surface area contributed by atoms with Gasteiger partial charge in [0.1, 0.15) is 6.54 Å². The minimum atomic E-state index is -0.695. The third-order valence-electron chi connectivity index (χ3n) is 3.34. The van der Waals surface area contributed by atoms with Crippen molar-refractivity contribution in [2.75, 3.05) is 20.8 Å². The largest absolute Gasteiger partial charge is 0.493 e. The lowest BCUT2D eigenvalue weighted by Crippen LogP contribution is -2.33. The highest BCUT2D eigenvalue weighted by atomic mass is 16.5. The van der Waals surface area contributed by atoms with E-state index in [0.717, 1.165) is 0 Å². The molecule has 0 radical (unpaired) electrons. The fourth-order valence-electron chi connectivity index (χ4n) is 2.11. The molecule has 0 atom stereocenters. The van der Waals surface area contributed by atoms with E-state index in [0.29, 0.717) is 29.5 Å². The van der Waals surface area contributed by atoms with Gasteiger partial charge in [0.2, 0.25) is 5.91 Å². The molecule has 1 aromatic heterocycles. The Hall–Kier alpha value is -2.77. The molecule has 0 unspecified atom stereocenters. The molecule has 1 heterocycles. The molecular weight excluding hydrogens is 314 g/mol. The number of ether oxygens (including phenoxy) is 2. The maximum absolute atomic E-state index is 12.0. The van der Waals surface area contributed by atoms with Gasteiger partial charge in [0.25, 0.3) is 0 Å². The van der Waals surface area contributed by atoms with Crippen molar-refractivity contribution >= 4 is 5.91 Å². The molecule has 8 nitrogen and oxygen atoms in total. The lowest BCUT2D eigenvalue weighted by atomic mass is 10.2. The average Bonchev–Trinajstić information content (AvgIpc) is 2.93. The van der Waals surface area contributed by atoms with E-state index in [2.05, 4.69) is 10.5 Å². The molecule has 130 valence electrons. The number of benzene rings is 1. The Kier molecular flexibility index (Phi) is 5.62. The number of amides is 1. The number of rotatable bonds is 7. The number of nitrogens with zero attached hydrogens (tertiary/aromatic N) is 2. The van der Waals surface area contributed by atoms with Crippen molar-refractivity contribution in [1.82, 2.24) is 15.0 Å². The first kappa shape index (κ1) is 17.6. The highest BCUT2D eigenvalue weighted by Crippen LogP contribution is 2.31. The van der Waals surface area contributed by atoms with E-state index in [9.17, 15) is 9.59 Å². The maximum Gasteiger partial charge on any atom is 0.442 e. The molecule has 8 heteroatoms. The monoisotopic (exact) mass is 335 g/mol. The van der Waals surface area contributed by atoms with Crippen LogP contribution in [-0.4, -0.2) is 36.4 Å². The Morgan fingerprint density at radius 2 is 2.00 bits per heavy atom. The van der Waals surface area contributed by atoms with Gasteiger partial charge in [-0.05, 0) is 24.1 Å². The summed E-state index contributed by atoms with van der Waals surface area (Å²) in [7, 11) is 3.04. The number of hydrogen-bond donors (Lipinski definition) is 1. The number of hydrogen-bond acceptors (Lipinski definition) is 6. The van der Waals surface area contributed by atoms with Gasteiger partial charge in [-0.2, -0.15) is 0 Å². The quantitative estimate of drug-likeness (QED) is 0.819. The normalized spacial score (nSPS) is 10.7. The van der Waals surface area contributed by atoms with Gasteiger partial charge in [-0.25, -0.2) is 9.36 Å². The third kappa shape index (κ3) is 3.95. The van der Waals surface area contributed by atoms with Crippen molar-refractivity contribution in [3.63, 3.8) is 0 Å². The van der Waals surface area contributed by atoms with Crippen molar-refractivity contribution in [2.24, 2.45) is 5.92 Å². The molecule has 0 aliphatic carbocycles. The summed E-state index contributed by atoms with van der Waals surface area (Å²) in [6.45, 7) is 4.34. The molecule has 1 N–H and O–H groups in total. The van der Waals surface area contributed by atoms with Crippen LogP contribution < -0.4 is 20.5 Å². The van der Waals surface area contributed by atoms with Crippen LogP contribution in [0.3, 0.4) is 0 Å². The van der Waals surface area contributed by atoms with Gasteiger partial charge in [-0.15, -0.1) is 0 Å². The van der Waals surface area contributed by atoms with E-state index in [1.165, 1.54) is 18.8 Å². The first-order chi connectivity index (χ1) is 11.5. The predicted octanol–water partition coefficient (Wildman–Crippen LogP) is 1.29. The second kappa shape index (κ2) is 7.67. The lowest BCUT2D eigenvalue weighted by molar-refractivity contribution is -0.121. The molecule has 2 aromatic rings. The van der Waals surface area contributed by atoms with Gasteiger partial charge in [-0.3, -0.25) is 9.32 Å². The molecular formula is C16H21N3O5. The minimum Gasteiger partial charge on any atom is -0.493 e. The first-order valence-corrected chi connectivity index (χ1v) is 7.51. The first-order valence-electron chi connectivity index (χ1n) is 7.51. The standard InChI is InChI=1S/C16H21N3O5/c1-10(2)8-17-14(20)9-19-15(18-24-16(19)21)11-5-6-12(22-3)13(7-11)23-4/h5-7,10H,8-9H2,1-4H3,(H,17,20). The van der Waals surface area contributed by atoms with E-state index in [-0.39, 0.29) is 18.3 Å². The Labute approximate surface area is 139 Å². The van der Waals surface area contributed by atoms with Crippen LogP contribution in [0.15, 0.2) is 27.5 Å². The molecule has 0 aliphatic heterocycles.